The molecule has 1 aromatic heterocycles. The molecule has 1 aliphatic rings. The summed E-state index contributed by atoms with van der Waals surface area (Å²) in [6, 6.07) is 12.6. The number of likely N-dealkylation sites (tertiary alicyclic amines) is 1. The van der Waals surface area contributed by atoms with Crippen LogP contribution >= 0.6 is 11.6 Å². The Morgan fingerprint density at radius 3 is 2.67 bits per heavy atom. The molecule has 0 bridgehead atoms. The van der Waals surface area contributed by atoms with Crippen molar-refractivity contribution in [3.63, 3.8) is 0 Å². The van der Waals surface area contributed by atoms with Gasteiger partial charge >= 0.3 is 0 Å². The van der Waals surface area contributed by atoms with E-state index in [0.717, 1.165) is 48.0 Å². The van der Waals surface area contributed by atoms with Crippen molar-refractivity contribution in [2.45, 2.75) is 31.4 Å². The van der Waals surface area contributed by atoms with E-state index in [0.29, 0.717) is 18.2 Å². The smallest absolute Gasteiger partial charge is 0.128 e. The molecular weight excluding hydrogens is 403 g/mol. The van der Waals surface area contributed by atoms with Gasteiger partial charge in [-0.25, -0.2) is 4.39 Å². The lowest BCUT2D eigenvalue weighted by atomic mass is 9.73. The highest BCUT2D eigenvalue weighted by atomic mass is 35.5. The highest BCUT2D eigenvalue weighted by molar-refractivity contribution is 6.31. The van der Waals surface area contributed by atoms with Gasteiger partial charge in [0.25, 0.3) is 0 Å². The maximum absolute atomic E-state index is 13.5. The van der Waals surface area contributed by atoms with Crippen molar-refractivity contribution in [1.82, 2.24) is 14.7 Å². The van der Waals surface area contributed by atoms with Crippen molar-refractivity contribution >= 4 is 22.5 Å². The van der Waals surface area contributed by atoms with Crippen LogP contribution in [0, 0.1) is 17.1 Å². The Kier molecular flexibility index (Phi) is 6.05. The van der Waals surface area contributed by atoms with Gasteiger partial charge < -0.3 is 9.64 Å². The zero-order chi connectivity index (χ0) is 21.1. The van der Waals surface area contributed by atoms with E-state index in [-0.39, 0.29) is 17.8 Å². The molecule has 0 unspecified atom stereocenters. The molecule has 2 heterocycles. The number of benzene rings is 2. The van der Waals surface area contributed by atoms with E-state index in [9.17, 15) is 4.39 Å². The molecule has 0 saturated carbocycles. The van der Waals surface area contributed by atoms with Crippen LogP contribution in [0.25, 0.3) is 10.9 Å². The summed E-state index contributed by atoms with van der Waals surface area (Å²) < 4.78 is 21.3. The zero-order valence-electron chi connectivity index (χ0n) is 16.9. The van der Waals surface area contributed by atoms with E-state index in [1.807, 2.05) is 30.5 Å². The van der Waals surface area contributed by atoms with Gasteiger partial charge in [0.15, 0.2) is 0 Å². The molecule has 4 rings (SSSR count). The molecule has 0 atom stereocenters. The fourth-order valence-electron chi connectivity index (χ4n) is 4.20. The number of rotatable bonds is 6. The summed E-state index contributed by atoms with van der Waals surface area (Å²) >= 11 is 6.29. The molecule has 7 heteroatoms. The highest BCUT2D eigenvalue weighted by Crippen LogP contribution is 2.36. The molecule has 0 N–H and O–H groups in total. The first-order valence-corrected chi connectivity index (χ1v) is 10.4. The summed E-state index contributed by atoms with van der Waals surface area (Å²) in [5.41, 5.74) is 2.68. The summed E-state index contributed by atoms with van der Waals surface area (Å²) in [6.45, 7) is 3.05. The average molecular weight is 427 g/mol. The first-order valence-electron chi connectivity index (χ1n) is 10.0. The van der Waals surface area contributed by atoms with Crippen LogP contribution in [-0.2, 0) is 23.3 Å². The second-order valence-corrected chi connectivity index (χ2v) is 8.51. The predicted molar refractivity (Wildman–Crippen MR) is 115 cm³/mol. The SMILES string of the molecule is CN1CCC(COCc2cc(Cl)cc3cn(CC#N)nc23)(c2ccc(F)cc2)CC1. The van der Waals surface area contributed by atoms with Crippen LogP contribution in [0.4, 0.5) is 4.39 Å². The van der Waals surface area contributed by atoms with Gasteiger partial charge in [0.1, 0.15) is 12.4 Å². The molecule has 30 heavy (non-hydrogen) atoms. The van der Waals surface area contributed by atoms with Crippen molar-refractivity contribution in [2.75, 3.05) is 26.7 Å². The Morgan fingerprint density at radius 2 is 1.97 bits per heavy atom. The third-order valence-corrected chi connectivity index (χ3v) is 6.19. The molecule has 1 fully saturated rings. The Balaban J connectivity index is 1.55. The van der Waals surface area contributed by atoms with Gasteiger partial charge in [-0.05, 0) is 62.8 Å². The molecule has 2 aromatic carbocycles. The van der Waals surface area contributed by atoms with E-state index in [2.05, 4.69) is 23.1 Å². The van der Waals surface area contributed by atoms with Crippen molar-refractivity contribution in [1.29, 1.82) is 5.26 Å². The molecule has 1 aliphatic heterocycles. The standard InChI is InChI=1S/C23H24ClFN4O/c1-28-9-6-23(7-10-28,19-2-4-21(25)5-3-19)16-30-15-18-13-20(24)12-17-14-29(11-8-26)27-22(17)18/h2-5,12-14H,6-7,9-11,15-16H2,1H3. The Labute approximate surface area is 180 Å². The van der Waals surface area contributed by atoms with E-state index in [4.69, 9.17) is 21.6 Å². The van der Waals surface area contributed by atoms with Crippen molar-refractivity contribution in [3.05, 3.63) is 64.6 Å². The van der Waals surface area contributed by atoms with Crippen molar-refractivity contribution < 1.29 is 9.13 Å². The minimum Gasteiger partial charge on any atom is -0.376 e. The molecule has 5 nitrogen and oxygen atoms in total. The fraction of sp³-hybridized carbons (Fsp3) is 0.391. The van der Waals surface area contributed by atoms with Gasteiger partial charge in [-0.3, -0.25) is 4.68 Å². The average Bonchev–Trinajstić information content (AvgIpc) is 3.13. The number of piperidine rings is 1. The number of ether oxygens (including phenoxy) is 1. The molecular formula is C23H24ClFN4O. The van der Waals surface area contributed by atoms with Gasteiger partial charge in [0, 0.05) is 27.6 Å². The number of hydrogen-bond donors (Lipinski definition) is 0. The number of aromatic nitrogens is 2. The van der Waals surface area contributed by atoms with E-state index >= 15 is 0 Å². The zero-order valence-corrected chi connectivity index (χ0v) is 17.7. The van der Waals surface area contributed by atoms with Gasteiger partial charge in [-0.1, -0.05) is 23.7 Å². The van der Waals surface area contributed by atoms with Gasteiger partial charge in [0.05, 0.1) is 24.8 Å². The lowest BCUT2D eigenvalue weighted by Gasteiger charge is -2.41. The topological polar surface area (TPSA) is 54.1 Å². The second kappa shape index (κ2) is 8.73. The summed E-state index contributed by atoms with van der Waals surface area (Å²) in [6.07, 6.45) is 3.73. The van der Waals surface area contributed by atoms with Gasteiger partial charge in [-0.15, -0.1) is 0 Å². The van der Waals surface area contributed by atoms with Crippen LogP contribution in [0.2, 0.25) is 5.02 Å². The first kappa shape index (κ1) is 20.8. The number of fused-ring (bicyclic) bond motifs is 1. The van der Waals surface area contributed by atoms with Crippen molar-refractivity contribution in [3.8, 4) is 6.07 Å². The third kappa shape index (κ3) is 4.34. The van der Waals surface area contributed by atoms with Gasteiger partial charge in [0.2, 0.25) is 0 Å². The normalized spacial score (nSPS) is 16.6. The van der Waals surface area contributed by atoms with Gasteiger partial charge in [-0.2, -0.15) is 10.4 Å². The fourth-order valence-corrected chi connectivity index (χ4v) is 4.45. The molecule has 0 spiro atoms. The molecule has 0 radical (unpaired) electrons. The minimum atomic E-state index is -0.225. The minimum absolute atomic E-state index is 0.141. The summed E-state index contributed by atoms with van der Waals surface area (Å²) in [7, 11) is 2.12. The first-order chi connectivity index (χ1) is 14.5. The summed E-state index contributed by atoms with van der Waals surface area (Å²) in [4.78, 5) is 2.31. The summed E-state index contributed by atoms with van der Waals surface area (Å²) in [5, 5.41) is 15.0. The quantitative estimate of drug-likeness (QED) is 0.581. The number of nitrogens with zero attached hydrogens (tertiary/aromatic N) is 4. The number of hydrogen-bond acceptors (Lipinski definition) is 4. The monoisotopic (exact) mass is 426 g/mol. The predicted octanol–water partition coefficient (Wildman–Crippen LogP) is 4.53. The highest BCUT2D eigenvalue weighted by Gasteiger charge is 2.35. The molecule has 0 aliphatic carbocycles. The maximum Gasteiger partial charge on any atom is 0.128 e. The Morgan fingerprint density at radius 1 is 1.23 bits per heavy atom. The molecule has 1 saturated heterocycles. The largest absolute Gasteiger partial charge is 0.376 e. The number of nitriles is 1. The van der Waals surface area contributed by atoms with Crippen LogP contribution in [0.3, 0.4) is 0 Å². The van der Waals surface area contributed by atoms with Crippen LogP contribution in [0.1, 0.15) is 24.0 Å². The maximum atomic E-state index is 13.5. The van der Waals surface area contributed by atoms with E-state index in [1.54, 1.807) is 4.68 Å². The molecule has 156 valence electrons. The lowest BCUT2D eigenvalue weighted by Crippen LogP contribution is -2.43. The number of halogens is 2. The molecule has 0 amide bonds. The van der Waals surface area contributed by atoms with Crippen molar-refractivity contribution in [2.24, 2.45) is 0 Å². The Bertz CT molecular complexity index is 1070. The second-order valence-electron chi connectivity index (χ2n) is 8.07. The molecule has 3 aromatic rings. The third-order valence-electron chi connectivity index (χ3n) is 5.97. The van der Waals surface area contributed by atoms with Crippen LogP contribution in [0.5, 0.6) is 0 Å². The lowest BCUT2D eigenvalue weighted by molar-refractivity contribution is 0.0411. The van der Waals surface area contributed by atoms with Crippen LogP contribution < -0.4 is 0 Å². The Hall–Kier alpha value is -2.46. The van der Waals surface area contributed by atoms with E-state index < -0.39 is 0 Å². The van der Waals surface area contributed by atoms with Crippen LogP contribution in [-0.4, -0.2) is 41.4 Å². The van der Waals surface area contributed by atoms with E-state index in [1.165, 1.54) is 12.1 Å². The summed E-state index contributed by atoms with van der Waals surface area (Å²) in [5.74, 6) is -0.225. The van der Waals surface area contributed by atoms with Crippen LogP contribution in [0.15, 0.2) is 42.6 Å².